The maximum Gasteiger partial charge on any atom is 0.0617 e. The van der Waals surface area contributed by atoms with E-state index in [1.807, 2.05) is 20.8 Å². The van der Waals surface area contributed by atoms with Gasteiger partial charge in [-0.15, -0.1) is 0 Å². The van der Waals surface area contributed by atoms with Gasteiger partial charge in [0, 0.05) is 18.6 Å². The lowest BCUT2D eigenvalue weighted by atomic mass is 10.1. The van der Waals surface area contributed by atoms with Crippen molar-refractivity contribution in [1.82, 2.24) is 5.06 Å². The second-order valence-electron chi connectivity index (χ2n) is 3.70. The van der Waals surface area contributed by atoms with Crippen LogP contribution in [0.15, 0.2) is 0 Å². The molecule has 12 heavy (non-hydrogen) atoms. The average Bonchev–Trinajstić information content (AvgIpc) is 1.96. The van der Waals surface area contributed by atoms with Crippen molar-refractivity contribution in [1.29, 1.82) is 0 Å². The van der Waals surface area contributed by atoms with Crippen molar-refractivity contribution in [3.63, 3.8) is 0 Å². The van der Waals surface area contributed by atoms with Gasteiger partial charge in [0.25, 0.3) is 0 Å². The Morgan fingerprint density at radius 1 is 1.33 bits per heavy atom. The van der Waals surface area contributed by atoms with E-state index < -0.39 is 0 Å². The third-order valence-electron chi connectivity index (χ3n) is 1.48. The summed E-state index contributed by atoms with van der Waals surface area (Å²) in [5, 5.41) is 10.7. The lowest BCUT2D eigenvalue weighted by Gasteiger charge is -2.29. The van der Waals surface area contributed by atoms with Gasteiger partial charge in [0.15, 0.2) is 0 Å². The predicted molar refractivity (Wildman–Crippen MR) is 48.1 cm³/mol. The summed E-state index contributed by atoms with van der Waals surface area (Å²) >= 11 is 0. The molecule has 0 amide bonds. The van der Waals surface area contributed by atoms with Crippen LogP contribution < -0.4 is 5.73 Å². The van der Waals surface area contributed by atoms with Crippen molar-refractivity contribution in [2.45, 2.75) is 26.3 Å². The highest BCUT2D eigenvalue weighted by atomic mass is 16.5. The fraction of sp³-hybridized carbons (Fsp3) is 1.00. The molecule has 0 aliphatic carbocycles. The van der Waals surface area contributed by atoms with Gasteiger partial charge in [-0.05, 0) is 20.8 Å². The first-order chi connectivity index (χ1) is 5.48. The highest BCUT2D eigenvalue weighted by Crippen LogP contribution is 2.08. The van der Waals surface area contributed by atoms with E-state index >= 15 is 0 Å². The fourth-order valence-electron chi connectivity index (χ4n) is 0.672. The van der Waals surface area contributed by atoms with E-state index in [2.05, 4.69) is 0 Å². The molecule has 0 aliphatic heterocycles. The summed E-state index contributed by atoms with van der Waals surface area (Å²) in [6, 6.07) is 0. The molecule has 0 bridgehead atoms. The second-order valence-corrected chi connectivity index (χ2v) is 3.70. The second kappa shape index (κ2) is 5.48. The van der Waals surface area contributed by atoms with Crippen LogP contribution in [-0.4, -0.2) is 42.1 Å². The van der Waals surface area contributed by atoms with E-state index in [1.165, 1.54) is 5.06 Å². The quantitative estimate of drug-likeness (QED) is 0.472. The number of nitrogens with zero attached hydrogens (tertiary/aromatic N) is 1. The normalized spacial score (nSPS) is 12.5. The lowest BCUT2D eigenvalue weighted by Crippen LogP contribution is -2.40. The highest BCUT2D eigenvalue weighted by molar-refractivity contribution is 4.68. The molecule has 0 saturated carbocycles. The van der Waals surface area contributed by atoms with Crippen LogP contribution in [-0.2, 0) is 4.74 Å². The zero-order valence-electron chi connectivity index (χ0n) is 8.21. The van der Waals surface area contributed by atoms with Crippen LogP contribution in [0.1, 0.15) is 20.8 Å². The van der Waals surface area contributed by atoms with Gasteiger partial charge in [-0.3, -0.25) is 0 Å². The molecule has 0 radical (unpaired) electrons. The molecule has 3 N–H and O–H groups in total. The standard InChI is InChI=1S/C8H20N2O2/c1-8(2,3)10(11)5-7-12-6-4-9/h11H,4-7,9H2,1-3H3. The number of hydrogen-bond acceptors (Lipinski definition) is 4. The van der Waals surface area contributed by atoms with Gasteiger partial charge in [0.05, 0.1) is 13.2 Å². The van der Waals surface area contributed by atoms with E-state index in [1.54, 1.807) is 0 Å². The number of rotatable bonds is 5. The SMILES string of the molecule is CC(C)(C)N(O)CCOCCN. The molecule has 0 fully saturated rings. The molecule has 0 rings (SSSR count). The van der Waals surface area contributed by atoms with Crippen LogP contribution in [0.4, 0.5) is 0 Å². The maximum atomic E-state index is 9.41. The van der Waals surface area contributed by atoms with Crippen molar-refractivity contribution in [2.24, 2.45) is 5.73 Å². The zero-order valence-corrected chi connectivity index (χ0v) is 8.21. The average molecular weight is 176 g/mol. The third-order valence-corrected chi connectivity index (χ3v) is 1.48. The number of hydrogen-bond donors (Lipinski definition) is 2. The molecular formula is C8H20N2O2. The summed E-state index contributed by atoms with van der Waals surface area (Å²) in [5.41, 5.74) is 5.01. The fourth-order valence-corrected chi connectivity index (χ4v) is 0.672. The predicted octanol–water partition coefficient (Wildman–Crippen LogP) is 0.451. The first-order valence-electron chi connectivity index (χ1n) is 4.23. The van der Waals surface area contributed by atoms with E-state index in [0.29, 0.717) is 26.3 Å². The lowest BCUT2D eigenvalue weighted by molar-refractivity contribution is -0.163. The molecule has 0 aromatic heterocycles. The molecule has 0 atom stereocenters. The van der Waals surface area contributed by atoms with Crippen molar-refractivity contribution < 1.29 is 9.94 Å². The van der Waals surface area contributed by atoms with Crippen molar-refractivity contribution >= 4 is 0 Å². The Kier molecular flexibility index (Phi) is 5.41. The van der Waals surface area contributed by atoms with E-state index in [0.717, 1.165) is 0 Å². The highest BCUT2D eigenvalue weighted by Gasteiger charge is 2.18. The molecule has 4 nitrogen and oxygen atoms in total. The number of hydroxylamine groups is 2. The summed E-state index contributed by atoms with van der Waals surface area (Å²) in [5.74, 6) is 0. The minimum Gasteiger partial charge on any atom is -0.379 e. The van der Waals surface area contributed by atoms with Crippen LogP contribution in [0.25, 0.3) is 0 Å². The first kappa shape index (κ1) is 11.8. The molecule has 0 aromatic rings. The molecule has 4 heteroatoms. The largest absolute Gasteiger partial charge is 0.379 e. The minimum atomic E-state index is -0.216. The summed E-state index contributed by atoms with van der Waals surface area (Å²) in [4.78, 5) is 0. The van der Waals surface area contributed by atoms with Crippen LogP contribution in [0.5, 0.6) is 0 Å². The van der Waals surface area contributed by atoms with Crippen molar-refractivity contribution in [3.05, 3.63) is 0 Å². The van der Waals surface area contributed by atoms with Gasteiger partial charge >= 0.3 is 0 Å². The number of ether oxygens (including phenoxy) is 1. The van der Waals surface area contributed by atoms with Gasteiger partial charge < -0.3 is 15.7 Å². The Labute approximate surface area is 74.3 Å². The van der Waals surface area contributed by atoms with Gasteiger partial charge in [0.1, 0.15) is 0 Å². The third kappa shape index (κ3) is 5.49. The molecule has 0 aromatic carbocycles. The molecular weight excluding hydrogens is 156 g/mol. The first-order valence-corrected chi connectivity index (χ1v) is 4.23. The summed E-state index contributed by atoms with van der Waals surface area (Å²) in [6.45, 7) is 7.94. The monoisotopic (exact) mass is 176 g/mol. The van der Waals surface area contributed by atoms with Crippen LogP contribution >= 0.6 is 0 Å². The molecule has 0 heterocycles. The Bertz CT molecular complexity index is 112. The van der Waals surface area contributed by atoms with Gasteiger partial charge in [-0.25, -0.2) is 0 Å². The topological polar surface area (TPSA) is 58.7 Å². The minimum absolute atomic E-state index is 0.216. The van der Waals surface area contributed by atoms with Gasteiger partial charge in [0.2, 0.25) is 0 Å². The van der Waals surface area contributed by atoms with Gasteiger partial charge in [-0.2, -0.15) is 5.06 Å². The summed E-state index contributed by atoms with van der Waals surface area (Å²) < 4.78 is 5.12. The molecule has 0 saturated heterocycles. The smallest absolute Gasteiger partial charge is 0.0617 e. The molecule has 0 unspecified atom stereocenters. The Morgan fingerprint density at radius 2 is 1.92 bits per heavy atom. The van der Waals surface area contributed by atoms with E-state index in [-0.39, 0.29) is 5.54 Å². The molecule has 74 valence electrons. The van der Waals surface area contributed by atoms with E-state index in [4.69, 9.17) is 10.5 Å². The van der Waals surface area contributed by atoms with Gasteiger partial charge in [-0.1, -0.05) is 0 Å². The zero-order chi connectivity index (χ0) is 9.61. The Morgan fingerprint density at radius 3 is 2.33 bits per heavy atom. The Balaban J connectivity index is 3.38. The number of nitrogens with two attached hydrogens (primary N) is 1. The molecule has 0 spiro atoms. The van der Waals surface area contributed by atoms with E-state index in [9.17, 15) is 5.21 Å². The summed E-state index contributed by atoms with van der Waals surface area (Å²) in [7, 11) is 0. The maximum absolute atomic E-state index is 9.41. The van der Waals surface area contributed by atoms with Crippen molar-refractivity contribution in [3.8, 4) is 0 Å². The summed E-state index contributed by atoms with van der Waals surface area (Å²) in [6.07, 6.45) is 0. The molecule has 0 aliphatic rings. The Hall–Kier alpha value is -0.160. The van der Waals surface area contributed by atoms with Crippen LogP contribution in [0, 0.1) is 0 Å². The van der Waals surface area contributed by atoms with Crippen LogP contribution in [0.2, 0.25) is 0 Å². The van der Waals surface area contributed by atoms with Crippen LogP contribution in [0.3, 0.4) is 0 Å². The van der Waals surface area contributed by atoms with Crippen molar-refractivity contribution in [2.75, 3.05) is 26.3 Å².